The molecule has 14 heteroatoms. The highest BCUT2D eigenvalue weighted by Crippen LogP contribution is 2.59. The summed E-state index contributed by atoms with van der Waals surface area (Å²) in [6.07, 6.45) is 3.65. The zero-order valence-electron chi connectivity index (χ0n) is 27.8. The monoisotopic (exact) mass is 650 g/mol. The fourth-order valence-electron chi connectivity index (χ4n) is 7.09. The van der Waals surface area contributed by atoms with E-state index in [1.165, 1.54) is 10.5 Å². The first-order chi connectivity index (χ1) is 21.7. The Morgan fingerprint density at radius 2 is 1.83 bits per heavy atom. The Labute approximate surface area is 270 Å². The summed E-state index contributed by atoms with van der Waals surface area (Å²) in [5.74, 6) is -2.85. The quantitative estimate of drug-likeness (QED) is 0.159. The lowest BCUT2D eigenvalue weighted by atomic mass is 9.68. The third-order valence-corrected chi connectivity index (χ3v) is 9.51. The molecule has 3 aliphatic heterocycles. The third-order valence-electron chi connectivity index (χ3n) is 9.51. The van der Waals surface area contributed by atoms with Gasteiger partial charge >= 0.3 is 12.1 Å². The van der Waals surface area contributed by atoms with Crippen LogP contribution in [0.3, 0.4) is 0 Å². The molecular formula is C32H50N4O10. The first-order valence-corrected chi connectivity index (χ1v) is 16.2. The number of carboxylic acids is 1. The van der Waals surface area contributed by atoms with Crippen LogP contribution < -0.4 is 16.0 Å². The maximum absolute atomic E-state index is 13.2. The highest BCUT2D eigenvalue weighted by Gasteiger charge is 2.72. The number of aliphatic carboxylic acids is 1. The predicted octanol–water partition coefficient (Wildman–Crippen LogP) is 1.51. The Hall–Kier alpha value is -3.23. The number of carboxylic acid groups (broad SMARTS) is 1. The summed E-state index contributed by atoms with van der Waals surface area (Å²) in [7, 11) is 1.59. The van der Waals surface area contributed by atoms with Crippen LogP contribution in [0.15, 0.2) is 11.6 Å². The van der Waals surface area contributed by atoms with Crippen LogP contribution in [0.4, 0.5) is 4.79 Å². The van der Waals surface area contributed by atoms with E-state index in [9.17, 15) is 24.0 Å². The van der Waals surface area contributed by atoms with Crippen LogP contribution in [0.1, 0.15) is 73.1 Å². The van der Waals surface area contributed by atoms with Gasteiger partial charge in [-0.1, -0.05) is 25.5 Å². The van der Waals surface area contributed by atoms with Gasteiger partial charge in [0, 0.05) is 13.7 Å². The molecular weight excluding hydrogens is 600 g/mol. The fourth-order valence-corrected chi connectivity index (χ4v) is 7.09. The number of hydrogen-bond donors (Lipinski definition) is 4. The van der Waals surface area contributed by atoms with Gasteiger partial charge in [-0.3, -0.25) is 19.2 Å². The van der Waals surface area contributed by atoms with Crippen molar-refractivity contribution in [3.05, 3.63) is 11.6 Å². The molecule has 0 unspecified atom stereocenters. The Kier molecular flexibility index (Phi) is 11.4. The lowest BCUT2D eigenvalue weighted by molar-refractivity contribution is -0.140. The molecule has 0 aromatic rings. The SMILES string of the molecule is CO[C@@H]1[C@H](OC(=O)NCC(=O)N2CCC[C@H]2C(=O)N[C@@H](CC(C)C)C(=O)NCC(=O)O)CC[C@]2(CO2)[C@H]1[C@]1(C)O[C@@H]1CC=C(C)C. The maximum Gasteiger partial charge on any atom is 0.407 e. The molecule has 14 nitrogen and oxygen atoms in total. The number of methoxy groups -OCH3 is 1. The zero-order valence-corrected chi connectivity index (χ0v) is 27.8. The van der Waals surface area contributed by atoms with Crippen molar-refractivity contribution in [2.75, 3.05) is 33.4 Å². The van der Waals surface area contributed by atoms with E-state index >= 15 is 0 Å². The second-order valence-corrected chi connectivity index (χ2v) is 13.7. The zero-order chi connectivity index (χ0) is 33.8. The molecule has 0 radical (unpaired) electrons. The Morgan fingerprint density at radius 1 is 1.11 bits per heavy atom. The van der Waals surface area contributed by atoms with Crippen LogP contribution in [0.2, 0.25) is 0 Å². The van der Waals surface area contributed by atoms with Gasteiger partial charge in [0.25, 0.3) is 0 Å². The molecule has 0 aromatic heterocycles. The number of alkyl carbamates (subject to hydrolysis) is 1. The van der Waals surface area contributed by atoms with E-state index < -0.39 is 66.2 Å². The summed E-state index contributed by atoms with van der Waals surface area (Å²) in [4.78, 5) is 64.1. The van der Waals surface area contributed by atoms with E-state index in [1.54, 1.807) is 7.11 Å². The molecule has 258 valence electrons. The number of rotatable bonds is 14. The van der Waals surface area contributed by atoms with Crippen molar-refractivity contribution in [2.24, 2.45) is 11.8 Å². The van der Waals surface area contributed by atoms with Gasteiger partial charge < -0.3 is 44.9 Å². The summed E-state index contributed by atoms with van der Waals surface area (Å²) in [6, 6.07) is -1.77. The van der Waals surface area contributed by atoms with Gasteiger partial charge in [0.15, 0.2) is 0 Å². The van der Waals surface area contributed by atoms with Crippen molar-refractivity contribution in [3.63, 3.8) is 0 Å². The number of nitrogens with zero attached hydrogens (tertiary/aromatic N) is 1. The van der Waals surface area contributed by atoms with Crippen LogP contribution >= 0.6 is 0 Å². The lowest BCUT2D eigenvalue weighted by Crippen LogP contribution is -2.56. The smallest absolute Gasteiger partial charge is 0.407 e. The molecule has 4 N–H and O–H groups in total. The second kappa shape index (κ2) is 14.7. The molecule has 4 rings (SSSR count). The van der Waals surface area contributed by atoms with E-state index in [0.717, 1.165) is 6.42 Å². The first kappa shape index (κ1) is 35.6. The number of allylic oxidation sites excluding steroid dienone is 1. The van der Waals surface area contributed by atoms with Crippen LogP contribution in [-0.4, -0.2) is 115 Å². The summed E-state index contributed by atoms with van der Waals surface area (Å²) in [5, 5.41) is 16.4. The highest BCUT2D eigenvalue weighted by atomic mass is 16.6. The van der Waals surface area contributed by atoms with Gasteiger partial charge in [-0.05, 0) is 65.2 Å². The normalized spacial score (nSPS) is 32.0. The molecule has 4 aliphatic rings. The van der Waals surface area contributed by atoms with E-state index in [2.05, 4.69) is 29.0 Å². The van der Waals surface area contributed by atoms with Crippen molar-refractivity contribution in [1.82, 2.24) is 20.9 Å². The Bertz CT molecular complexity index is 1200. The molecule has 46 heavy (non-hydrogen) atoms. The number of ether oxygens (including phenoxy) is 4. The third kappa shape index (κ3) is 8.37. The minimum Gasteiger partial charge on any atom is -0.480 e. The van der Waals surface area contributed by atoms with Crippen molar-refractivity contribution < 1.29 is 48.0 Å². The summed E-state index contributed by atoms with van der Waals surface area (Å²) in [6.45, 7) is 9.90. The minimum atomic E-state index is -1.20. The molecule has 0 bridgehead atoms. The van der Waals surface area contributed by atoms with E-state index in [0.29, 0.717) is 45.3 Å². The van der Waals surface area contributed by atoms with E-state index in [4.69, 9.17) is 24.1 Å². The van der Waals surface area contributed by atoms with Gasteiger partial charge in [0.05, 0.1) is 18.6 Å². The number of nitrogens with one attached hydrogen (secondary N) is 3. The summed E-state index contributed by atoms with van der Waals surface area (Å²) < 4.78 is 23.9. The molecule has 0 aromatic carbocycles. The van der Waals surface area contributed by atoms with E-state index in [1.807, 2.05) is 27.7 Å². The van der Waals surface area contributed by atoms with Crippen LogP contribution in [0.5, 0.6) is 0 Å². The summed E-state index contributed by atoms with van der Waals surface area (Å²) in [5.41, 5.74) is 0.373. The standard InChI is InChI=1S/C32H50N4O10/c1-18(2)9-10-23-31(5,46-23)27-26(43-6)22(11-12-32(27)17-44-32)45-30(42)34-15-24(37)36-13-7-8-21(36)29(41)35-20(14-19(3)4)28(40)33-16-25(38)39/h9,19-23,26-27H,7-8,10-17H2,1-6H3,(H,33,40)(H,34,42)(H,35,41)(H,38,39)/t20-,21-,22+,23+,26+,27+,31+,32-/m0/s1. The molecule has 3 saturated heterocycles. The van der Waals surface area contributed by atoms with Crippen molar-refractivity contribution >= 4 is 29.8 Å². The van der Waals surface area contributed by atoms with Gasteiger partial charge in [-0.15, -0.1) is 0 Å². The van der Waals surface area contributed by atoms with Crippen molar-refractivity contribution in [1.29, 1.82) is 0 Å². The lowest BCUT2D eigenvalue weighted by Gasteiger charge is -2.42. The fraction of sp³-hybridized carbons (Fsp3) is 0.781. The molecule has 8 atom stereocenters. The number of epoxide rings is 2. The average Bonchev–Trinajstić information content (AvgIpc) is 3.84. The van der Waals surface area contributed by atoms with Gasteiger partial charge in [-0.2, -0.15) is 0 Å². The van der Waals surface area contributed by atoms with Crippen LogP contribution in [0, 0.1) is 11.8 Å². The molecule has 1 aliphatic carbocycles. The van der Waals surface area contributed by atoms with Crippen LogP contribution in [-0.2, 0) is 38.1 Å². The van der Waals surface area contributed by atoms with Crippen molar-refractivity contribution in [3.8, 4) is 0 Å². The minimum absolute atomic E-state index is 0.0155. The number of carbonyl (C=O) groups is 5. The van der Waals surface area contributed by atoms with E-state index in [-0.39, 0.29) is 30.1 Å². The molecule has 3 heterocycles. The van der Waals surface area contributed by atoms with Gasteiger partial charge in [0.1, 0.15) is 48.6 Å². The maximum atomic E-state index is 13.2. The predicted molar refractivity (Wildman–Crippen MR) is 165 cm³/mol. The topological polar surface area (TPSA) is 188 Å². The molecule has 1 saturated carbocycles. The largest absolute Gasteiger partial charge is 0.480 e. The molecule has 1 spiro atoms. The van der Waals surface area contributed by atoms with Crippen molar-refractivity contribution in [2.45, 2.75) is 115 Å². The Morgan fingerprint density at radius 3 is 2.43 bits per heavy atom. The number of likely N-dealkylation sites (tertiary alicyclic amines) is 1. The number of carbonyl (C=O) groups excluding carboxylic acids is 4. The number of amides is 4. The Balaban J connectivity index is 1.31. The number of hydrogen-bond acceptors (Lipinski definition) is 9. The second-order valence-electron chi connectivity index (χ2n) is 13.7. The molecule has 4 fully saturated rings. The van der Waals surface area contributed by atoms with Crippen LogP contribution in [0.25, 0.3) is 0 Å². The highest BCUT2D eigenvalue weighted by molar-refractivity contribution is 5.93. The summed E-state index contributed by atoms with van der Waals surface area (Å²) >= 11 is 0. The van der Waals surface area contributed by atoms with Gasteiger partial charge in [0.2, 0.25) is 17.7 Å². The first-order valence-electron chi connectivity index (χ1n) is 16.2. The van der Waals surface area contributed by atoms with Gasteiger partial charge in [-0.25, -0.2) is 4.79 Å². The average molecular weight is 651 g/mol. The molecule has 4 amide bonds.